The summed E-state index contributed by atoms with van der Waals surface area (Å²) in [5.41, 5.74) is 0.239. The molecule has 17 heavy (non-hydrogen) atoms. The van der Waals surface area contributed by atoms with Gasteiger partial charge in [0.25, 0.3) is 5.91 Å². The van der Waals surface area contributed by atoms with Gasteiger partial charge in [-0.25, -0.2) is 4.79 Å². The second-order valence-corrected chi connectivity index (χ2v) is 3.92. The van der Waals surface area contributed by atoms with E-state index >= 15 is 0 Å². The first-order valence-corrected chi connectivity index (χ1v) is 5.47. The fourth-order valence-electron chi connectivity index (χ4n) is 1.57. The van der Waals surface area contributed by atoms with Crippen molar-refractivity contribution in [2.75, 3.05) is 6.54 Å². The quantitative estimate of drug-likeness (QED) is 0.862. The highest BCUT2D eigenvalue weighted by atomic mass is 16.4. The first-order chi connectivity index (χ1) is 7.97. The first kappa shape index (κ1) is 13.2. The summed E-state index contributed by atoms with van der Waals surface area (Å²) in [7, 11) is 0. The molecule has 0 aliphatic heterocycles. The maximum atomic E-state index is 12.1. The van der Waals surface area contributed by atoms with Crippen molar-refractivity contribution in [2.45, 2.75) is 26.8 Å². The third-order valence-corrected chi connectivity index (χ3v) is 2.45. The van der Waals surface area contributed by atoms with E-state index in [1.54, 1.807) is 4.90 Å². The molecule has 0 spiro atoms. The van der Waals surface area contributed by atoms with Crippen LogP contribution in [0.15, 0.2) is 18.3 Å². The van der Waals surface area contributed by atoms with Gasteiger partial charge in [0.1, 0.15) is 5.69 Å². The molecule has 1 aromatic heterocycles. The lowest BCUT2D eigenvalue weighted by Crippen LogP contribution is -2.37. The van der Waals surface area contributed by atoms with Crippen LogP contribution in [0.2, 0.25) is 0 Å². The minimum absolute atomic E-state index is 0.0581. The summed E-state index contributed by atoms with van der Waals surface area (Å²) in [4.78, 5) is 28.4. The monoisotopic (exact) mass is 236 g/mol. The number of aromatic carboxylic acids is 1. The van der Waals surface area contributed by atoms with Crippen LogP contribution in [0, 0.1) is 0 Å². The Balaban J connectivity index is 3.03. The number of pyridine rings is 1. The Kier molecular flexibility index (Phi) is 4.20. The Hall–Kier alpha value is -1.91. The van der Waals surface area contributed by atoms with Crippen LogP contribution in [0.25, 0.3) is 0 Å². The van der Waals surface area contributed by atoms with Gasteiger partial charge in [-0.15, -0.1) is 0 Å². The fourth-order valence-corrected chi connectivity index (χ4v) is 1.57. The average molecular weight is 236 g/mol. The van der Waals surface area contributed by atoms with Gasteiger partial charge in [-0.2, -0.15) is 0 Å². The highest BCUT2D eigenvalue weighted by Crippen LogP contribution is 2.08. The van der Waals surface area contributed by atoms with Crippen molar-refractivity contribution in [3.8, 4) is 0 Å². The number of amides is 1. The molecular formula is C12H16N2O3. The summed E-state index contributed by atoms with van der Waals surface area (Å²) >= 11 is 0. The van der Waals surface area contributed by atoms with Crippen molar-refractivity contribution in [3.63, 3.8) is 0 Å². The van der Waals surface area contributed by atoms with Crippen molar-refractivity contribution >= 4 is 11.9 Å². The summed E-state index contributed by atoms with van der Waals surface area (Å²) < 4.78 is 0. The predicted molar refractivity (Wildman–Crippen MR) is 63.0 cm³/mol. The Morgan fingerprint density at radius 3 is 2.59 bits per heavy atom. The Bertz CT molecular complexity index is 430. The van der Waals surface area contributed by atoms with Gasteiger partial charge < -0.3 is 10.0 Å². The Morgan fingerprint density at radius 2 is 2.12 bits per heavy atom. The van der Waals surface area contributed by atoms with Gasteiger partial charge in [0.15, 0.2) is 0 Å². The Labute approximate surface area is 100 Å². The van der Waals surface area contributed by atoms with E-state index in [1.807, 2.05) is 20.8 Å². The van der Waals surface area contributed by atoms with Gasteiger partial charge in [0.2, 0.25) is 0 Å². The first-order valence-electron chi connectivity index (χ1n) is 5.47. The van der Waals surface area contributed by atoms with E-state index in [0.29, 0.717) is 6.54 Å². The molecule has 0 atom stereocenters. The van der Waals surface area contributed by atoms with E-state index < -0.39 is 5.97 Å². The topological polar surface area (TPSA) is 70.5 Å². The second kappa shape index (κ2) is 5.43. The standard InChI is InChI=1S/C12H16N2O3/c1-4-14(8(2)3)11(15)10-7-9(12(16)17)5-6-13-10/h5-8H,4H2,1-3H3,(H,16,17). The number of carboxylic acids is 1. The minimum Gasteiger partial charge on any atom is -0.478 e. The molecule has 0 bridgehead atoms. The SMILES string of the molecule is CCN(C(=O)c1cc(C(=O)O)ccn1)C(C)C. The molecule has 1 rings (SSSR count). The van der Waals surface area contributed by atoms with Crippen molar-refractivity contribution in [3.05, 3.63) is 29.6 Å². The van der Waals surface area contributed by atoms with E-state index in [2.05, 4.69) is 4.98 Å². The largest absolute Gasteiger partial charge is 0.478 e. The average Bonchev–Trinajstić information content (AvgIpc) is 2.29. The number of carbonyl (C=O) groups excluding carboxylic acids is 1. The molecule has 0 aromatic carbocycles. The number of aromatic nitrogens is 1. The van der Waals surface area contributed by atoms with Crippen molar-refractivity contribution < 1.29 is 14.7 Å². The molecule has 0 aliphatic carbocycles. The maximum Gasteiger partial charge on any atom is 0.335 e. The number of carboxylic acid groups (broad SMARTS) is 1. The van der Waals surface area contributed by atoms with Crippen LogP contribution < -0.4 is 0 Å². The molecule has 0 saturated carbocycles. The molecule has 5 heteroatoms. The zero-order chi connectivity index (χ0) is 13.0. The third kappa shape index (κ3) is 3.03. The molecule has 0 radical (unpaired) electrons. The molecule has 0 fully saturated rings. The van der Waals surface area contributed by atoms with Crippen LogP contribution in [0.5, 0.6) is 0 Å². The van der Waals surface area contributed by atoms with Gasteiger partial charge in [-0.1, -0.05) is 0 Å². The third-order valence-electron chi connectivity index (χ3n) is 2.45. The summed E-state index contributed by atoms with van der Waals surface area (Å²) in [6.45, 7) is 6.25. The lowest BCUT2D eigenvalue weighted by Gasteiger charge is -2.24. The summed E-state index contributed by atoms with van der Waals surface area (Å²) in [5.74, 6) is -1.31. The molecule has 1 heterocycles. The molecular weight excluding hydrogens is 220 g/mol. The molecule has 1 N–H and O–H groups in total. The maximum absolute atomic E-state index is 12.1. The van der Waals surface area contributed by atoms with E-state index in [0.717, 1.165) is 0 Å². The van der Waals surface area contributed by atoms with Crippen molar-refractivity contribution in [1.29, 1.82) is 0 Å². The van der Waals surface area contributed by atoms with E-state index in [4.69, 9.17) is 5.11 Å². The van der Waals surface area contributed by atoms with E-state index in [1.165, 1.54) is 18.3 Å². The van der Waals surface area contributed by atoms with Crippen LogP contribution in [0.4, 0.5) is 0 Å². The molecule has 0 saturated heterocycles. The minimum atomic E-state index is -1.06. The van der Waals surface area contributed by atoms with Crippen LogP contribution in [0.1, 0.15) is 41.6 Å². The smallest absolute Gasteiger partial charge is 0.335 e. The Morgan fingerprint density at radius 1 is 1.47 bits per heavy atom. The summed E-state index contributed by atoms with van der Waals surface area (Å²) in [5, 5.41) is 8.84. The second-order valence-electron chi connectivity index (χ2n) is 3.92. The normalized spacial score (nSPS) is 10.4. The van der Waals surface area contributed by atoms with Gasteiger partial charge in [-0.3, -0.25) is 9.78 Å². The molecule has 1 amide bonds. The van der Waals surface area contributed by atoms with Gasteiger partial charge in [0, 0.05) is 18.8 Å². The fraction of sp³-hybridized carbons (Fsp3) is 0.417. The van der Waals surface area contributed by atoms with Crippen LogP contribution >= 0.6 is 0 Å². The summed E-state index contributed by atoms with van der Waals surface area (Å²) in [6.07, 6.45) is 1.34. The number of hydrogen-bond acceptors (Lipinski definition) is 3. The molecule has 0 unspecified atom stereocenters. The lowest BCUT2D eigenvalue weighted by molar-refractivity contribution is 0.0696. The van der Waals surface area contributed by atoms with E-state index in [9.17, 15) is 9.59 Å². The molecule has 0 aliphatic rings. The highest BCUT2D eigenvalue weighted by Gasteiger charge is 2.19. The van der Waals surface area contributed by atoms with Gasteiger partial charge in [0.05, 0.1) is 5.56 Å². The van der Waals surface area contributed by atoms with Crippen molar-refractivity contribution in [2.24, 2.45) is 0 Å². The zero-order valence-electron chi connectivity index (χ0n) is 10.2. The molecule has 92 valence electrons. The number of nitrogens with zero attached hydrogens (tertiary/aromatic N) is 2. The zero-order valence-corrected chi connectivity index (χ0v) is 10.2. The van der Waals surface area contributed by atoms with Crippen LogP contribution in [-0.4, -0.2) is 39.5 Å². The van der Waals surface area contributed by atoms with Crippen molar-refractivity contribution in [1.82, 2.24) is 9.88 Å². The predicted octanol–water partition coefficient (Wildman–Crippen LogP) is 1.65. The van der Waals surface area contributed by atoms with E-state index in [-0.39, 0.29) is 23.2 Å². The van der Waals surface area contributed by atoms with Gasteiger partial charge >= 0.3 is 5.97 Å². The number of carbonyl (C=O) groups is 2. The van der Waals surface area contributed by atoms with Crippen LogP contribution in [-0.2, 0) is 0 Å². The number of hydrogen-bond donors (Lipinski definition) is 1. The highest BCUT2D eigenvalue weighted by molar-refractivity contribution is 5.95. The van der Waals surface area contributed by atoms with Crippen LogP contribution in [0.3, 0.4) is 0 Å². The molecule has 1 aromatic rings. The number of rotatable bonds is 4. The lowest BCUT2D eigenvalue weighted by atomic mass is 10.2. The van der Waals surface area contributed by atoms with Gasteiger partial charge in [-0.05, 0) is 32.9 Å². The molecule has 5 nitrogen and oxygen atoms in total. The summed E-state index contributed by atoms with van der Waals surface area (Å²) in [6, 6.07) is 2.73.